The van der Waals surface area contributed by atoms with Gasteiger partial charge in [0, 0.05) is 25.2 Å². The van der Waals surface area contributed by atoms with Gasteiger partial charge in [-0.1, -0.05) is 18.2 Å². The molecule has 0 radical (unpaired) electrons. The molecule has 1 aliphatic heterocycles. The van der Waals surface area contributed by atoms with Crippen LogP contribution < -0.4 is 10.6 Å². The molecule has 2 N–H and O–H groups in total. The van der Waals surface area contributed by atoms with Crippen molar-refractivity contribution in [3.05, 3.63) is 11.6 Å². The Labute approximate surface area is 125 Å². The van der Waals surface area contributed by atoms with Crippen LogP contribution in [0.15, 0.2) is 16.6 Å². The summed E-state index contributed by atoms with van der Waals surface area (Å²) in [6.45, 7) is 7.83. The Bertz CT molecular complexity index is 278. The zero-order valence-electron chi connectivity index (χ0n) is 10.4. The molecule has 0 amide bonds. The topological polar surface area (TPSA) is 45.7 Å². The Morgan fingerprint density at radius 2 is 2.24 bits per heavy atom. The van der Waals surface area contributed by atoms with Gasteiger partial charge < -0.3 is 15.4 Å². The van der Waals surface area contributed by atoms with Crippen LogP contribution in [0, 0.1) is 0 Å². The van der Waals surface area contributed by atoms with E-state index in [1.165, 1.54) is 0 Å². The highest BCUT2D eigenvalue weighted by molar-refractivity contribution is 14.0. The number of aliphatic imine (C=N–C) groups is 1. The number of guanidine groups is 1. The SMILES string of the molecule is C=C(Cl)CNC(=NC)NCC1(C)CCCO1.I. The number of halogens is 2. The number of hydrogen-bond acceptors (Lipinski definition) is 2. The lowest BCUT2D eigenvalue weighted by molar-refractivity contribution is 0.0243. The molecule has 0 aromatic heterocycles. The van der Waals surface area contributed by atoms with Crippen LogP contribution >= 0.6 is 35.6 Å². The van der Waals surface area contributed by atoms with Crippen molar-refractivity contribution in [1.29, 1.82) is 0 Å². The van der Waals surface area contributed by atoms with E-state index in [-0.39, 0.29) is 29.6 Å². The van der Waals surface area contributed by atoms with Gasteiger partial charge in [-0.3, -0.25) is 4.99 Å². The molecule has 1 saturated heterocycles. The molecule has 4 nitrogen and oxygen atoms in total. The summed E-state index contributed by atoms with van der Waals surface area (Å²) in [5.41, 5.74) is -0.0738. The maximum absolute atomic E-state index is 5.67. The van der Waals surface area contributed by atoms with Crippen molar-refractivity contribution in [2.45, 2.75) is 25.4 Å². The van der Waals surface area contributed by atoms with Crippen LogP contribution in [0.2, 0.25) is 0 Å². The first-order valence-corrected chi connectivity index (χ1v) is 5.85. The number of hydrogen-bond donors (Lipinski definition) is 2. The summed E-state index contributed by atoms with van der Waals surface area (Å²) in [6.07, 6.45) is 2.21. The van der Waals surface area contributed by atoms with Gasteiger partial charge in [-0.2, -0.15) is 0 Å². The lowest BCUT2D eigenvalue weighted by Crippen LogP contribution is -2.45. The van der Waals surface area contributed by atoms with Gasteiger partial charge >= 0.3 is 0 Å². The monoisotopic (exact) mass is 373 g/mol. The summed E-state index contributed by atoms with van der Waals surface area (Å²) in [7, 11) is 1.73. The van der Waals surface area contributed by atoms with E-state index in [1.54, 1.807) is 7.05 Å². The second-order valence-corrected chi connectivity index (χ2v) is 4.73. The van der Waals surface area contributed by atoms with Crippen molar-refractivity contribution >= 4 is 41.5 Å². The first-order valence-electron chi connectivity index (χ1n) is 5.47. The minimum atomic E-state index is -0.0738. The summed E-state index contributed by atoms with van der Waals surface area (Å²) in [5, 5.41) is 6.84. The van der Waals surface area contributed by atoms with E-state index in [2.05, 4.69) is 29.1 Å². The Morgan fingerprint density at radius 1 is 1.53 bits per heavy atom. The summed E-state index contributed by atoms with van der Waals surface area (Å²) in [5.74, 6) is 0.721. The fourth-order valence-electron chi connectivity index (χ4n) is 1.65. The Morgan fingerprint density at radius 3 is 2.71 bits per heavy atom. The number of nitrogens with one attached hydrogen (secondary N) is 2. The molecule has 1 rings (SSSR count). The van der Waals surface area contributed by atoms with Crippen LogP contribution in [-0.2, 0) is 4.74 Å². The van der Waals surface area contributed by atoms with Crippen LogP contribution in [0.4, 0.5) is 0 Å². The Kier molecular flexibility index (Phi) is 8.15. The standard InChI is InChI=1S/C11H20ClN3O.HI/c1-9(12)7-14-10(13-3)15-8-11(2)5-4-6-16-11;/h1,4-8H2,2-3H3,(H2,13,14,15);1H. The molecule has 0 spiro atoms. The molecule has 0 saturated carbocycles. The molecule has 17 heavy (non-hydrogen) atoms. The molecule has 0 bridgehead atoms. The minimum Gasteiger partial charge on any atom is -0.373 e. The molecule has 1 aliphatic rings. The summed E-state index contributed by atoms with van der Waals surface area (Å²) in [6, 6.07) is 0. The zero-order chi connectivity index (χ0) is 12.0. The van der Waals surface area contributed by atoms with Crippen molar-refractivity contribution in [1.82, 2.24) is 10.6 Å². The molecule has 6 heteroatoms. The van der Waals surface area contributed by atoms with Gasteiger partial charge in [0.25, 0.3) is 0 Å². The third-order valence-electron chi connectivity index (χ3n) is 2.60. The molecule has 1 unspecified atom stereocenters. The smallest absolute Gasteiger partial charge is 0.191 e. The molecule has 100 valence electrons. The largest absolute Gasteiger partial charge is 0.373 e. The van der Waals surface area contributed by atoms with Gasteiger partial charge in [-0.15, -0.1) is 24.0 Å². The van der Waals surface area contributed by atoms with Gasteiger partial charge in [0.15, 0.2) is 5.96 Å². The average Bonchev–Trinajstić information content (AvgIpc) is 2.65. The molecular weight excluding hydrogens is 352 g/mol. The fraction of sp³-hybridized carbons (Fsp3) is 0.727. The molecule has 1 heterocycles. The molecule has 0 aromatic rings. The lowest BCUT2D eigenvalue weighted by atomic mass is 10.0. The highest BCUT2D eigenvalue weighted by Crippen LogP contribution is 2.23. The normalized spacial score (nSPS) is 24.1. The molecular formula is C11H21ClIN3O. The maximum atomic E-state index is 5.67. The van der Waals surface area contributed by atoms with Crippen molar-refractivity contribution < 1.29 is 4.74 Å². The Hall–Kier alpha value is -0.0100. The zero-order valence-corrected chi connectivity index (χ0v) is 13.5. The van der Waals surface area contributed by atoms with Crippen LogP contribution in [0.25, 0.3) is 0 Å². The van der Waals surface area contributed by atoms with Crippen molar-refractivity contribution in [2.75, 3.05) is 26.7 Å². The van der Waals surface area contributed by atoms with Crippen molar-refractivity contribution in [3.8, 4) is 0 Å². The molecule has 0 aromatic carbocycles. The van der Waals surface area contributed by atoms with Gasteiger partial charge in [0.2, 0.25) is 0 Å². The van der Waals surface area contributed by atoms with Gasteiger partial charge in [0.05, 0.1) is 12.1 Å². The summed E-state index contributed by atoms with van der Waals surface area (Å²) < 4.78 is 5.67. The van der Waals surface area contributed by atoms with Gasteiger partial charge in [-0.05, 0) is 19.8 Å². The van der Waals surface area contributed by atoms with Crippen LogP contribution in [-0.4, -0.2) is 38.3 Å². The van der Waals surface area contributed by atoms with E-state index in [9.17, 15) is 0 Å². The first-order chi connectivity index (χ1) is 7.56. The van der Waals surface area contributed by atoms with E-state index in [0.717, 1.165) is 32.0 Å². The molecule has 0 aliphatic carbocycles. The van der Waals surface area contributed by atoms with E-state index < -0.39 is 0 Å². The van der Waals surface area contributed by atoms with Crippen molar-refractivity contribution in [3.63, 3.8) is 0 Å². The third kappa shape index (κ3) is 6.47. The predicted octanol–water partition coefficient (Wildman–Crippen LogP) is 2.09. The lowest BCUT2D eigenvalue weighted by Gasteiger charge is -2.24. The quantitative estimate of drug-likeness (QED) is 0.451. The molecule has 1 fully saturated rings. The summed E-state index contributed by atoms with van der Waals surface area (Å²) >= 11 is 5.67. The summed E-state index contributed by atoms with van der Waals surface area (Å²) in [4.78, 5) is 4.09. The highest BCUT2D eigenvalue weighted by Gasteiger charge is 2.29. The minimum absolute atomic E-state index is 0. The van der Waals surface area contributed by atoms with Gasteiger partial charge in [0.1, 0.15) is 0 Å². The van der Waals surface area contributed by atoms with Gasteiger partial charge in [-0.25, -0.2) is 0 Å². The maximum Gasteiger partial charge on any atom is 0.191 e. The second kappa shape index (κ2) is 8.16. The van der Waals surface area contributed by atoms with E-state index in [1.807, 2.05) is 0 Å². The number of nitrogens with zero attached hydrogens (tertiary/aromatic N) is 1. The van der Waals surface area contributed by atoms with E-state index >= 15 is 0 Å². The van der Waals surface area contributed by atoms with Crippen LogP contribution in [0.1, 0.15) is 19.8 Å². The number of ether oxygens (including phenoxy) is 1. The average molecular weight is 374 g/mol. The first kappa shape index (κ1) is 17.0. The van der Waals surface area contributed by atoms with E-state index in [0.29, 0.717) is 11.6 Å². The third-order valence-corrected chi connectivity index (χ3v) is 2.74. The van der Waals surface area contributed by atoms with Crippen LogP contribution in [0.3, 0.4) is 0 Å². The predicted molar refractivity (Wildman–Crippen MR) is 83.4 cm³/mol. The fourth-order valence-corrected chi connectivity index (χ4v) is 1.71. The van der Waals surface area contributed by atoms with E-state index in [4.69, 9.17) is 16.3 Å². The highest BCUT2D eigenvalue weighted by atomic mass is 127. The Balaban J connectivity index is 0.00000256. The second-order valence-electron chi connectivity index (χ2n) is 4.20. The van der Waals surface area contributed by atoms with Crippen molar-refractivity contribution in [2.24, 2.45) is 4.99 Å². The molecule has 1 atom stereocenters. The van der Waals surface area contributed by atoms with Crippen LogP contribution in [0.5, 0.6) is 0 Å². The number of rotatable bonds is 4.